The number of aryl methyl sites for hydroxylation is 2. The van der Waals surface area contributed by atoms with Crippen molar-refractivity contribution in [3.63, 3.8) is 0 Å². The topological polar surface area (TPSA) is 232 Å². The van der Waals surface area contributed by atoms with Crippen LogP contribution in [0.2, 0.25) is 0 Å². The molecule has 12 N–H and O–H groups in total. The predicted molar refractivity (Wildman–Crippen MR) is 315 cm³/mol. The minimum Gasteiger partial charge on any atom is -0.508 e. The minimum atomic E-state index is -0.650. The van der Waals surface area contributed by atoms with Crippen molar-refractivity contribution in [2.75, 3.05) is 0 Å². The maximum Gasteiger partial charge on any atom is 0.312 e. The highest BCUT2D eigenvalue weighted by Crippen LogP contribution is 2.30. The molecule has 0 bridgehead atoms. The highest BCUT2D eigenvalue weighted by Gasteiger charge is 2.33. The van der Waals surface area contributed by atoms with Crippen molar-refractivity contribution in [1.29, 1.82) is 0 Å². The Balaban J connectivity index is 0.000000760. The number of phenols is 2. The molecule has 0 spiro atoms. The first kappa shape index (κ1) is 68.4. The third-order valence-electron chi connectivity index (χ3n) is 14.7. The van der Waals surface area contributed by atoms with Crippen LogP contribution in [-0.4, -0.2) is 79.2 Å². The smallest absolute Gasteiger partial charge is 0.312 e. The molecule has 0 radical (unpaired) electrons. The van der Waals surface area contributed by atoms with Crippen molar-refractivity contribution >= 4 is 12.1 Å². The van der Waals surface area contributed by atoms with Gasteiger partial charge >= 0.3 is 12.1 Å². The summed E-state index contributed by atoms with van der Waals surface area (Å²) in [6, 6.07) is 12.7. The molecule has 2 aromatic carbocycles. The van der Waals surface area contributed by atoms with E-state index >= 15 is 0 Å². The fraction of sp³-hybridized carbons (Fsp3) is 0.531. The number of allylic oxidation sites excluding steroid dienone is 8. The summed E-state index contributed by atoms with van der Waals surface area (Å²) < 4.78 is 0. The molecular formula is C64H100N4O8. The first-order chi connectivity index (χ1) is 35.7. The van der Waals surface area contributed by atoms with Gasteiger partial charge < -0.3 is 52.7 Å². The van der Waals surface area contributed by atoms with Crippen LogP contribution in [0.15, 0.2) is 146 Å². The molecule has 12 heteroatoms. The fourth-order valence-electron chi connectivity index (χ4n) is 10.2. The summed E-state index contributed by atoms with van der Waals surface area (Å²) in [6.45, 7) is 31.3. The van der Waals surface area contributed by atoms with Crippen molar-refractivity contribution in [3.8, 4) is 11.5 Å². The Morgan fingerprint density at radius 1 is 0.526 bits per heavy atom. The van der Waals surface area contributed by atoms with Gasteiger partial charge in [0.1, 0.15) is 11.5 Å². The maximum absolute atomic E-state index is 11.6. The molecule has 2 rings (SSSR count). The van der Waals surface area contributed by atoms with Crippen molar-refractivity contribution in [2.24, 2.45) is 70.6 Å². The fourth-order valence-corrected chi connectivity index (χ4v) is 10.2. The monoisotopic (exact) mass is 1050 g/mol. The van der Waals surface area contributed by atoms with Crippen molar-refractivity contribution < 1.29 is 40.2 Å². The zero-order valence-corrected chi connectivity index (χ0v) is 48.1. The van der Waals surface area contributed by atoms with Crippen LogP contribution in [0.1, 0.15) is 120 Å². The van der Waals surface area contributed by atoms with Crippen LogP contribution in [0.5, 0.6) is 11.5 Å². The Kier molecular flexibility index (Phi) is 32.7. The van der Waals surface area contributed by atoms with E-state index in [9.17, 15) is 40.2 Å². The molecule has 0 aliphatic rings. The largest absolute Gasteiger partial charge is 0.508 e. The van der Waals surface area contributed by atoms with E-state index in [1.165, 1.54) is 0 Å². The van der Waals surface area contributed by atoms with Gasteiger partial charge in [0.25, 0.3) is 0 Å². The van der Waals surface area contributed by atoms with Gasteiger partial charge in [0.05, 0.1) is 24.4 Å². The standard InChI is InChI=1S/2C32H50N2O4/c2*1-8-9-13-22(3)29(34-32(33)38)26(7)31(37)25(6)19-21(2)18-24(5)30(36)23(4)14-10-11-15-27-16-12-17-28(35)20-27/h2*8-10,12-14,16-18,20,22-26,29-31,35-37H,1,11,15,19H2,2-7H3,(H3,33,34,38)/b2*13-9-,14-10-,21-18-/t2*22-,23-,24-,25-,26+,29-,30-,31+/m00/s1. The lowest BCUT2D eigenvalue weighted by Crippen LogP contribution is -2.50. The molecule has 16 atom stereocenters. The van der Waals surface area contributed by atoms with E-state index in [1.807, 2.05) is 132 Å². The summed E-state index contributed by atoms with van der Waals surface area (Å²) in [6.07, 6.45) is 25.7. The summed E-state index contributed by atoms with van der Waals surface area (Å²) in [7, 11) is 0. The number of primary amides is 2. The van der Waals surface area contributed by atoms with Gasteiger partial charge in [-0.2, -0.15) is 0 Å². The van der Waals surface area contributed by atoms with Gasteiger partial charge in [0.2, 0.25) is 0 Å². The number of nitrogens with one attached hydrogen (secondary N) is 2. The Bertz CT molecular complexity index is 2060. The summed E-state index contributed by atoms with van der Waals surface area (Å²) in [5.74, 6) is -0.144. The highest BCUT2D eigenvalue weighted by molar-refractivity contribution is 5.72. The number of phenolic OH excluding ortho intramolecular Hbond substituents is 2. The lowest BCUT2D eigenvalue weighted by molar-refractivity contribution is 0.0427. The van der Waals surface area contributed by atoms with E-state index < -0.39 is 36.5 Å². The van der Waals surface area contributed by atoms with Gasteiger partial charge in [0, 0.05) is 47.6 Å². The summed E-state index contributed by atoms with van der Waals surface area (Å²) in [5.41, 5.74) is 15.2. The molecule has 0 aliphatic carbocycles. The number of aromatic hydroxyl groups is 2. The molecule has 12 nitrogen and oxygen atoms in total. The van der Waals surface area contributed by atoms with E-state index in [-0.39, 0.29) is 82.8 Å². The zero-order chi connectivity index (χ0) is 57.7. The van der Waals surface area contributed by atoms with E-state index in [4.69, 9.17) is 11.5 Å². The third-order valence-corrected chi connectivity index (χ3v) is 14.7. The quantitative estimate of drug-likeness (QED) is 0.0250. The van der Waals surface area contributed by atoms with E-state index in [0.717, 1.165) is 48.0 Å². The zero-order valence-electron chi connectivity index (χ0n) is 48.1. The average molecular weight is 1050 g/mol. The number of nitrogens with two attached hydrogens (primary N) is 2. The van der Waals surface area contributed by atoms with Gasteiger partial charge in [-0.3, -0.25) is 0 Å². The Morgan fingerprint density at radius 2 is 0.868 bits per heavy atom. The summed E-state index contributed by atoms with van der Waals surface area (Å²) in [4.78, 5) is 23.2. The number of aliphatic hydroxyl groups is 4. The van der Waals surface area contributed by atoms with Crippen LogP contribution >= 0.6 is 0 Å². The summed E-state index contributed by atoms with van der Waals surface area (Å²) in [5, 5.41) is 68.7. The molecule has 0 unspecified atom stereocenters. The second-order valence-electron chi connectivity index (χ2n) is 21.8. The van der Waals surface area contributed by atoms with Crippen LogP contribution < -0.4 is 22.1 Å². The number of amides is 4. The molecule has 4 amide bonds. The SMILES string of the molecule is C=C/C=C\[C@H](C)[C@H](NC(N)=O)[C@@H](C)[C@H](O)[C@@H](C)C/C(C)=C\[C@H](C)[C@@H](O)[C@@H](C)/C=C\CCc1cccc(O)c1.C=C/C=C\[C@H](C)[C@H](NC(N)=O)[C@@H](C)[C@H](O)[C@@H](C)C/C(C)=C\[C@H](C)[C@@H](O)[C@@H](C)/C=C\CCc1cccc(O)c1. The lowest BCUT2D eigenvalue weighted by atomic mass is 9.80. The number of aliphatic hydroxyl groups excluding tert-OH is 4. The van der Waals surface area contributed by atoms with Gasteiger partial charge in [-0.05, 0) is 111 Å². The maximum atomic E-state index is 11.6. The predicted octanol–water partition coefficient (Wildman–Crippen LogP) is 11.8. The van der Waals surface area contributed by atoms with Gasteiger partial charge in [-0.1, -0.05) is 191 Å². The molecular weight excluding hydrogens is 953 g/mol. The molecule has 76 heavy (non-hydrogen) atoms. The third kappa shape index (κ3) is 26.4. The molecule has 2 aromatic rings. The van der Waals surface area contributed by atoms with Crippen molar-refractivity contribution in [3.05, 3.63) is 157 Å². The molecule has 0 aromatic heterocycles. The van der Waals surface area contributed by atoms with Gasteiger partial charge in [-0.25, -0.2) is 9.59 Å². The van der Waals surface area contributed by atoms with Gasteiger partial charge in [-0.15, -0.1) is 0 Å². The first-order valence-electron chi connectivity index (χ1n) is 27.4. The first-order valence-corrected chi connectivity index (χ1v) is 27.4. The normalized spacial score (nSPS) is 18.9. The van der Waals surface area contributed by atoms with Crippen molar-refractivity contribution in [1.82, 2.24) is 10.6 Å². The lowest BCUT2D eigenvalue weighted by Gasteiger charge is -2.34. The molecule has 0 saturated carbocycles. The van der Waals surface area contributed by atoms with E-state index in [1.54, 1.807) is 36.4 Å². The molecule has 424 valence electrons. The second-order valence-corrected chi connectivity index (χ2v) is 21.8. The van der Waals surface area contributed by atoms with Crippen LogP contribution in [0.25, 0.3) is 0 Å². The van der Waals surface area contributed by atoms with Crippen LogP contribution in [0, 0.1) is 59.2 Å². The Morgan fingerprint density at radius 3 is 1.17 bits per heavy atom. The van der Waals surface area contributed by atoms with Crippen LogP contribution in [-0.2, 0) is 12.8 Å². The number of carbonyl (C=O) groups excluding carboxylic acids is 2. The van der Waals surface area contributed by atoms with E-state index in [0.29, 0.717) is 12.8 Å². The summed E-state index contributed by atoms with van der Waals surface area (Å²) >= 11 is 0. The van der Waals surface area contributed by atoms with Crippen molar-refractivity contribution in [2.45, 2.75) is 158 Å². The number of hydrogen-bond donors (Lipinski definition) is 10. The van der Waals surface area contributed by atoms with Crippen LogP contribution in [0.3, 0.4) is 0 Å². The number of rotatable bonds is 32. The number of carbonyl (C=O) groups is 2. The molecule has 0 heterocycles. The molecule has 0 fully saturated rings. The highest BCUT2D eigenvalue weighted by atomic mass is 16.3. The number of benzene rings is 2. The average Bonchev–Trinajstić information content (AvgIpc) is 3.36. The van der Waals surface area contributed by atoms with E-state index in [2.05, 4.69) is 60.2 Å². The Labute approximate surface area is 458 Å². The second kappa shape index (κ2) is 36.4. The number of hydrogen-bond acceptors (Lipinski definition) is 8. The van der Waals surface area contributed by atoms with Crippen LogP contribution in [0.4, 0.5) is 9.59 Å². The molecule has 0 saturated heterocycles. The number of urea groups is 2. The Hall–Kier alpha value is -5.66. The van der Waals surface area contributed by atoms with Gasteiger partial charge in [0.15, 0.2) is 0 Å². The molecule has 0 aliphatic heterocycles. The minimum absolute atomic E-state index is 0.00741.